The summed E-state index contributed by atoms with van der Waals surface area (Å²) in [4.78, 5) is 2.59. The number of thiophene rings is 1. The molecule has 0 spiro atoms. The Morgan fingerprint density at radius 3 is 2.60 bits per heavy atom. The maximum atomic E-state index is 13.1. The lowest BCUT2D eigenvalue weighted by Crippen LogP contribution is -1.93. The highest BCUT2D eigenvalue weighted by Crippen LogP contribution is 2.29. The predicted molar refractivity (Wildman–Crippen MR) is 63.0 cm³/mol. The van der Waals surface area contributed by atoms with Gasteiger partial charge in [-0.3, -0.25) is 0 Å². The third-order valence-corrected chi connectivity index (χ3v) is 3.72. The van der Waals surface area contributed by atoms with Crippen molar-refractivity contribution < 1.29 is 4.39 Å². The van der Waals surface area contributed by atoms with Crippen molar-refractivity contribution in [3.63, 3.8) is 0 Å². The highest BCUT2D eigenvalue weighted by atomic mass is 32.1. The lowest BCUT2D eigenvalue weighted by Gasteiger charge is -2.09. The molecule has 0 radical (unpaired) electrons. The predicted octanol–water partition coefficient (Wildman–Crippen LogP) is 4.35. The Hall–Kier alpha value is -1.15. The van der Waals surface area contributed by atoms with Crippen molar-refractivity contribution in [2.45, 2.75) is 19.8 Å². The zero-order valence-corrected chi connectivity index (χ0v) is 9.64. The number of benzene rings is 1. The highest BCUT2D eigenvalue weighted by molar-refractivity contribution is 7.12. The molecular formula is C13H13FS. The molecule has 78 valence electrons. The molecule has 0 nitrogen and oxygen atoms in total. The summed E-state index contributed by atoms with van der Waals surface area (Å²) >= 11 is 1.77. The van der Waals surface area contributed by atoms with E-state index in [1.807, 2.05) is 6.07 Å². The van der Waals surface area contributed by atoms with E-state index >= 15 is 0 Å². The van der Waals surface area contributed by atoms with Gasteiger partial charge in [-0.05, 0) is 36.8 Å². The lowest BCUT2D eigenvalue weighted by atomic mass is 10.00. The molecule has 0 saturated heterocycles. The minimum absolute atomic E-state index is 0.160. The van der Waals surface area contributed by atoms with Crippen LogP contribution in [0.15, 0.2) is 36.4 Å². The van der Waals surface area contributed by atoms with Crippen LogP contribution in [0.4, 0.5) is 4.39 Å². The molecule has 1 aromatic heterocycles. The molecule has 0 fully saturated rings. The minimum atomic E-state index is -0.160. The van der Waals surface area contributed by atoms with Crippen LogP contribution in [0.1, 0.15) is 28.2 Å². The molecule has 0 saturated carbocycles. The van der Waals surface area contributed by atoms with E-state index in [1.54, 1.807) is 23.5 Å². The zero-order chi connectivity index (χ0) is 10.8. The SMILES string of the molecule is Cc1ccc(C(C)c2cccc(F)c2)s1. The van der Waals surface area contributed by atoms with Crippen LogP contribution in [-0.2, 0) is 0 Å². The summed E-state index contributed by atoms with van der Waals surface area (Å²) in [5, 5.41) is 0. The Balaban J connectivity index is 2.32. The molecule has 1 heterocycles. The molecule has 2 heteroatoms. The largest absolute Gasteiger partial charge is 0.207 e. The number of hydrogen-bond donors (Lipinski definition) is 0. The molecule has 15 heavy (non-hydrogen) atoms. The van der Waals surface area contributed by atoms with Gasteiger partial charge in [0.15, 0.2) is 0 Å². The van der Waals surface area contributed by atoms with Crippen molar-refractivity contribution in [2.75, 3.05) is 0 Å². The van der Waals surface area contributed by atoms with Crippen molar-refractivity contribution in [2.24, 2.45) is 0 Å². The third-order valence-electron chi connectivity index (χ3n) is 2.54. The Bertz CT molecular complexity index is 459. The Morgan fingerprint density at radius 2 is 2.00 bits per heavy atom. The van der Waals surface area contributed by atoms with Gasteiger partial charge in [0.25, 0.3) is 0 Å². The van der Waals surface area contributed by atoms with Gasteiger partial charge < -0.3 is 0 Å². The molecule has 2 aromatic rings. The monoisotopic (exact) mass is 220 g/mol. The second kappa shape index (κ2) is 4.15. The van der Waals surface area contributed by atoms with E-state index in [9.17, 15) is 4.39 Å². The van der Waals surface area contributed by atoms with Gasteiger partial charge in [-0.15, -0.1) is 11.3 Å². The fraction of sp³-hybridized carbons (Fsp3) is 0.231. The van der Waals surface area contributed by atoms with Crippen LogP contribution < -0.4 is 0 Å². The van der Waals surface area contributed by atoms with E-state index < -0.39 is 0 Å². The summed E-state index contributed by atoms with van der Waals surface area (Å²) in [6.07, 6.45) is 0. The van der Waals surface area contributed by atoms with Crippen LogP contribution in [0.25, 0.3) is 0 Å². The van der Waals surface area contributed by atoms with Gasteiger partial charge in [0.05, 0.1) is 0 Å². The second-order valence-electron chi connectivity index (χ2n) is 3.73. The second-order valence-corrected chi connectivity index (χ2v) is 5.04. The molecule has 0 bridgehead atoms. The number of halogens is 1. The van der Waals surface area contributed by atoms with E-state index in [4.69, 9.17) is 0 Å². The van der Waals surface area contributed by atoms with Crippen LogP contribution in [0.2, 0.25) is 0 Å². The van der Waals surface area contributed by atoms with Gasteiger partial charge in [0.1, 0.15) is 5.82 Å². The number of hydrogen-bond acceptors (Lipinski definition) is 1. The first-order valence-corrected chi connectivity index (χ1v) is 5.80. The van der Waals surface area contributed by atoms with Gasteiger partial charge in [-0.1, -0.05) is 19.1 Å². The van der Waals surface area contributed by atoms with Crippen molar-refractivity contribution in [1.29, 1.82) is 0 Å². The molecule has 0 aliphatic carbocycles. The van der Waals surface area contributed by atoms with Crippen LogP contribution in [0.3, 0.4) is 0 Å². The van der Waals surface area contributed by atoms with Crippen molar-refractivity contribution >= 4 is 11.3 Å². The molecule has 2 rings (SSSR count). The summed E-state index contributed by atoms with van der Waals surface area (Å²) in [6, 6.07) is 11.1. The molecule has 0 aliphatic rings. The van der Waals surface area contributed by atoms with Crippen LogP contribution in [0.5, 0.6) is 0 Å². The maximum Gasteiger partial charge on any atom is 0.123 e. The Kier molecular flexibility index (Phi) is 2.87. The average Bonchev–Trinajstić information content (AvgIpc) is 2.64. The molecule has 0 N–H and O–H groups in total. The Labute approximate surface area is 93.4 Å². The first kappa shape index (κ1) is 10.4. The molecule has 1 aromatic carbocycles. The van der Waals surface area contributed by atoms with Gasteiger partial charge in [0.2, 0.25) is 0 Å². The summed E-state index contributed by atoms with van der Waals surface area (Å²) in [5.41, 5.74) is 1.04. The standard InChI is InChI=1S/C13H13FS/c1-9-6-7-13(15-9)10(2)11-4-3-5-12(14)8-11/h3-8,10H,1-2H3. The van der Waals surface area contributed by atoms with E-state index in [0.29, 0.717) is 0 Å². The van der Waals surface area contributed by atoms with E-state index in [1.165, 1.54) is 15.8 Å². The fourth-order valence-corrected chi connectivity index (χ4v) is 2.58. The van der Waals surface area contributed by atoms with Gasteiger partial charge in [-0.2, -0.15) is 0 Å². The van der Waals surface area contributed by atoms with Crippen molar-refractivity contribution in [3.05, 3.63) is 57.5 Å². The van der Waals surface area contributed by atoms with Gasteiger partial charge in [-0.25, -0.2) is 4.39 Å². The average molecular weight is 220 g/mol. The van der Waals surface area contributed by atoms with E-state index in [-0.39, 0.29) is 11.7 Å². The maximum absolute atomic E-state index is 13.1. The molecule has 0 aliphatic heterocycles. The summed E-state index contributed by atoms with van der Waals surface area (Å²) < 4.78 is 13.1. The van der Waals surface area contributed by atoms with Gasteiger partial charge in [0, 0.05) is 15.7 Å². The molecule has 0 amide bonds. The normalized spacial score (nSPS) is 12.7. The fourth-order valence-electron chi connectivity index (χ4n) is 1.63. The summed E-state index contributed by atoms with van der Waals surface area (Å²) in [6.45, 7) is 4.20. The van der Waals surface area contributed by atoms with Crippen molar-refractivity contribution in [3.8, 4) is 0 Å². The smallest absolute Gasteiger partial charge is 0.123 e. The molecule has 1 unspecified atom stereocenters. The molecule has 1 atom stereocenters. The first-order valence-electron chi connectivity index (χ1n) is 4.98. The van der Waals surface area contributed by atoms with Crippen molar-refractivity contribution in [1.82, 2.24) is 0 Å². The number of aryl methyl sites for hydroxylation is 1. The molecular weight excluding hydrogens is 207 g/mol. The van der Waals surface area contributed by atoms with E-state index in [0.717, 1.165) is 5.56 Å². The van der Waals surface area contributed by atoms with Crippen LogP contribution in [-0.4, -0.2) is 0 Å². The highest BCUT2D eigenvalue weighted by Gasteiger charge is 2.10. The topological polar surface area (TPSA) is 0 Å². The van der Waals surface area contributed by atoms with Gasteiger partial charge >= 0.3 is 0 Å². The third kappa shape index (κ3) is 2.26. The van der Waals surface area contributed by atoms with Crippen LogP contribution in [0, 0.1) is 12.7 Å². The first-order chi connectivity index (χ1) is 7.16. The van der Waals surface area contributed by atoms with E-state index in [2.05, 4.69) is 26.0 Å². The quantitative estimate of drug-likeness (QED) is 0.706. The zero-order valence-electron chi connectivity index (χ0n) is 8.83. The minimum Gasteiger partial charge on any atom is -0.207 e. The summed E-state index contributed by atoms with van der Waals surface area (Å²) in [5.74, 6) is 0.118. The summed E-state index contributed by atoms with van der Waals surface area (Å²) in [7, 11) is 0. The Morgan fingerprint density at radius 1 is 1.20 bits per heavy atom. The lowest BCUT2D eigenvalue weighted by molar-refractivity contribution is 0.624. The number of rotatable bonds is 2. The van der Waals surface area contributed by atoms with Crippen LogP contribution >= 0.6 is 11.3 Å².